The quantitative estimate of drug-likeness (QED) is 0.283. The molecule has 8 heteroatoms. The summed E-state index contributed by atoms with van der Waals surface area (Å²) in [6.07, 6.45) is 11.3. The van der Waals surface area contributed by atoms with E-state index < -0.39 is 5.97 Å². The van der Waals surface area contributed by atoms with Gasteiger partial charge in [-0.3, -0.25) is 0 Å². The van der Waals surface area contributed by atoms with E-state index >= 15 is 0 Å². The second kappa shape index (κ2) is 14.2. The van der Waals surface area contributed by atoms with Gasteiger partial charge in [0.25, 0.3) is 0 Å². The van der Waals surface area contributed by atoms with Crippen LogP contribution in [0, 0.1) is 0 Å². The number of halogens is 2. The van der Waals surface area contributed by atoms with Crippen molar-refractivity contribution in [3.8, 4) is 17.0 Å². The number of nitrogens with zero attached hydrogens (tertiary/aromatic N) is 3. The van der Waals surface area contributed by atoms with E-state index in [9.17, 15) is 9.90 Å². The Morgan fingerprint density at radius 1 is 0.976 bits per heavy atom. The molecule has 224 valence electrons. The lowest BCUT2D eigenvalue weighted by molar-refractivity contribution is 0.0697. The zero-order chi connectivity index (χ0) is 26.8. The van der Waals surface area contributed by atoms with Gasteiger partial charge in [0.05, 0.1) is 23.5 Å². The number of likely N-dealkylation sites (tertiary alicyclic amines) is 1. The van der Waals surface area contributed by atoms with Gasteiger partial charge in [0.2, 0.25) is 0 Å². The molecule has 6 nitrogen and oxygen atoms in total. The fourth-order valence-electron chi connectivity index (χ4n) is 7.26. The lowest BCUT2D eigenvalue weighted by atomic mass is 9.81. The Balaban J connectivity index is 0.00000194. The van der Waals surface area contributed by atoms with Crippen LogP contribution in [-0.4, -0.2) is 59.9 Å². The fourth-order valence-corrected chi connectivity index (χ4v) is 7.26. The molecule has 1 aliphatic carbocycles. The Morgan fingerprint density at radius 2 is 1.73 bits per heavy atom. The molecule has 6 rings (SSSR count). The number of piperidine rings is 1. The third-order valence-corrected chi connectivity index (χ3v) is 9.14. The standard InChI is InChI=1S/C33H43N3O3.2ClH/c1-2-16-35(20-19-34-17-7-4-8-18-34)28-13-9-12-27-31-30(24-10-5-3-6-11-24)26-15-14-25(33(37)38)23-29(26)36(31)21-22-39-32(27)28;;/h9,12-15,23-24H,2-8,10-11,16-22H2,1H3,(H,37,38);2*1H. The van der Waals surface area contributed by atoms with Crippen molar-refractivity contribution in [2.75, 3.05) is 44.2 Å². The number of fused-ring (bicyclic) bond motifs is 5. The SMILES string of the molecule is CCCN(CCN1CCCCC1)c1cccc2c1OCCn1c-2c(C2CCCCC2)c2ccc(C(=O)O)cc21.Cl.Cl. The smallest absolute Gasteiger partial charge is 0.335 e. The molecule has 0 amide bonds. The van der Waals surface area contributed by atoms with E-state index in [0.717, 1.165) is 49.4 Å². The first-order valence-corrected chi connectivity index (χ1v) is 15.3. The maximum atomic E-state index is 11.9. The molecule has 41 heavy (non-hydrogen) atoms. The number of hydrogen-bond donors (Lipinski definition) is 1. The van der Waals surface area contributed by atoms with Crippen molar-refractivity contribution in [3.05, 3.63) is 47.5 Å². The average molecular weight is 603 g/mol. The topological polar surface area (TPSA) is 57.9 Å². The van der Waals surface area contributed by atoms with Gasteiger partial charge in [0.15, 0.2) is 5.75 Å². The number of carboxylic acids is 1. The van der Waals surface area contributed by atoms with Gasteiger partial charge in [-0.15, -0.1) is 24.8 Å². The van der Waals surface area contributed by atoms with Gasteiger partial charge in [-0.2, -0.15) is 0 Å². The first-order chi connectivity index (χ1) is 19.2. The minimum atomic E-state index is -0.872. The molecule has 1 saturated carbocycles. The minimum Gasteiger partial charge on any atom is -0.489 e. The van der Waals surface area contributed by atoms with Crippen LogP contribution in [0.3, 0.4) is 0 Å². The molecular formula is C33H45Cl2N3O3. The minimum absolute atomic E-state index is 0. The van der Waals surface area contributed by atoms with Gasteiger partial charge < -0.3 is 24.2 Å². The summed E-state index contributed by atoms with van der Waals surface area (Å²) >= 11 is 0. The van der Waals surface area contributed by atoms with Crippen molar-refractivity contribution in [1.82, 2.24) is 9.47 Å². The van der Waals surface area contributed by atoms with Crippen LogP contribution in [0.2, 0.25) is 0 Å². The summed E-state index contributed by atoms with van der Waals surface area (Å²) in [4.78, 5) is 17.1. The van der Waals surface area contributed by atoms with E-state index in [1.165, 1.54) is 86.8 Å². The highest BCUT2D eigenvalue weighted by Crippen LogP contribution is 2.49. The highest BCUT2D eigenvalue weighted by molar-refractivity contribution is 5.99. The van der Waals surface area contributed by atoms with Crippen LogP contribution in [0.15, 0.2) is 36.4 Å². The molecule has 0 spiro atoms. The van der Waals surface area contributed by atoms with Crippen molar-refractivity contribution in [1.29, 1.82) is 0 Å². The molecule has 1 N–H and O–H groups in total. The van der Waals surface area contributed by atoms with Gasteiger partial charge in [-0.1, -0.05) is 44.7 Å². The van der Waals surface area contributed by atoms with Crippen molar-refractivity contribution >= 4 is 47.4 Å². The van der Waals surface area contributed by atoms with E-state index in [2.05, 4.69) is 45.6 Å². The number of ether oxygens (including phenoxy) is 1. The molecule has 3 aliphatic rings. The largest absolute Gasteiger partial charge is 0.489 e. The summed E-state index contributed by atoms with van der Waals surface area (Å²) in [7, 11) is 0. The molecule has 3 heterocycles. The fraction of sp³-hybridized carbons (Fsp3) is 0.545. The molecule has 0 atom stereocenters. The third-order valence-electron chi connectivity index (χ3n) is 9.14. The first kappa shape index (κ1) is 31.5. The van der Waals surface area contributed by atoms with Crippen LogP contribution in [0.1, 0.15) is 86.6 Å². The van der Waals surface area contributed by atoms with Gasteiger partial charge >= 0.3 is 5.97 Å². The van der Waals surface area contributed by atoms with Crippen LogP contribution in [0.25, 0.3) is 22.2 Å². The van der Waals surface area contributed by atoms with Crippen LogP contribution in [-0.2, 0) is 6.54 Å². The molecule has 0 unspecified atom stereocenters. The van der Waals surface area contributed by atoms with E-state index in [1.807, 2.05) is 6.07 Å². The van der Waals surface area contributed by atoms with E-state index in [-0.39, 0.29) is 24.8 Å². The number of carboxylic acid groups (broad SMARTS) is 1. The highest BCUT2D eigenvalue weighted by atomic mass is 35.5. The van der Waals surface area contributed by atoms with Crippen molar-refractivity contribution in [3.63, 3.8) is 0 Å². The number of rotatable bonds is 8. The number of para-hydroxylation sites is 1. The van der Waals surface area contributed by atoms with Crippen molar-refractivity contribution < 1.29 is 14.6 Å². The lowest BCUT2D eigenvalue weighted by Gasteiger charge is -2.32. The van der Waals surface area contributed by atoms with Crippen LogP contribution in [0.5, 0.6) is 5.75 Å². The Morgan fingerprint density at radius 3 is 2.46 bits per heavy atom. The maximum Gasteiger partial charge on any atom is 0.335 e. The molecule has 1 aromatic heterocycles. The van der Waals surface area contributed by atoms with Crippen LogP contribution < -0.4 is 9.64 Å². The first-order valence-electron chi connectivity index (χ1n) is 15.3. The lowest BCUT2D eigenvalue weighted by Crippen LogP contribution is -2.38. The Bertz CT molecular complexity index is 1330. The van der Waals surface area contributed by atoms with Crippen molar-refractivity contribution in [2.24, 2.45) is 0 Å². The number of anilines is 1. The summed E-state index contributed by atoms with van der Waals surface area (Å²) < 4.78 is 8.98. The highest BCUT2D eigenvalue weighted by Gasteiger charge is 2.31. The maximum absolute atomic E-state index is 11.9. The van der Waals surface area contributed by atoms with E-state index in [1.54, 1.807) is 6.07 Å². The summed E-state index contributed by atoms with van der Waals surface area (Å²) in [5.74, 6) is 0.624. The molecule has 0 radical (unpaired) electrons. The molecule has 0 bridgehead atoms. The molecule has 2 aliphatic heterocycles. The number of hydrogen-bond acceptors (Lipinski definition) is 4. The van der Waals surface area contributed by atoms with Crippen LogP contribution >= 0.6 is 24.8 Å². The van der Waals surface area contributed by atoms with E-state index in [0.29, 0.717) is 18.1 Å². The number of carbonyl (C=O) groups is 1. The predicted molar refractivity (Wildman–Crippen MR) is 173 cm³/mol. The van der Waals surface area contributed by atoms with Crippen molar-refractivity contribution in [2.45, 2.75) is 77.2 Å². The summed E-state index contributed by atoms with van der Waals surface area (Å²) in [5.41, 5.74) is 6.40. The normalized spacial score (nSPS) is 17.4. The average Bonchev–Trinajstić information content (AvgIpc) is 3.16. The second-order valence-corrected chi connectivity index (χ2v) is 11.7. The summed E-state index contributed by atoms with van der Waals surface area (Å²) in [6, 6.07) is 12.4. The monoisotopic (exact) mass is 601 g/mol. The number of aromatic nitrogens is 1. The zero-order valence-corrected chi connectivity index (χ0v) is 25.9. The van der Waals surface area contributed by atoms with Gasteiger partial charge in [0, 0.05) is 36.1 Å². The Kier molecular flexibility index (Phi) is 10.9. The zero-order valence-electron chi connectivity index (χ0n) is 24.3. The summed E-state index contributed by atoms with van der Waals surface area (Å²) in [5, 5.41) is 11.0. The molecule has 1 saturated heterocycles. The molecule has 2 aromatic carbocycles. The molecule has 3 aromatic rings. The predicted octanol–water partition coefficient (Wildman–Crippen LogP) is 7.99. The van der Waals surface area contributed by atoms with Gasteiger partial charge in [0.1, 0.15) is 6.61 Å². The Labute approximate surface area is 256 Å². The number of aromatic carboxylic acids is 1. The van der Waals surface area contributed by atoms with Crippen LogP contribution in [0.4, 0.5) is 5.69 Å². The molecule has 2 fully saturated rings. The number of benzene rings is 2. The Hall–Kier alpha value is -2.41. The van der Waals surface area contributed by atoms with E-state index in [4.69, 9.17) is 4.74 Å². The van der Waals surface area contributed by atoms with Gasteiger partial charge in [-0.05, 0) is 80.9 Å². The molecular weight excluding hydrogens is 557 g/mol. The summed E-state index contributed by atoms with van der Waals surface area (Å²) in [6.45, 7) is 9.09. The second-order valence-electron chi connectivity index (χ2n) is 11.7. The van der Waals surface area contributed by atoms with Gasteiger partial charge in [-0.25, -0.2) is 4.79 Å². The third kappa shape index (κ3) is 6.35.